The lowest BCUT2D eigenvalue weighted by Gasteiger charge is -2.35. The van der Waals surface area contributed by atoms with Crippen molar-refractivity contribution in [3.05, 3.63) is 0 Å². The molecule has 2 saturated heterocycles. The number of piperidine rings is 1. The van der Waals surface area contributed by atoms with Crippen LogP contribution in [-0.2, 0) is 0 Å². The van der Waals surface area contributed by atoms with Crippen LogP contribution in [0.25, 0.3) is 0 Å². The zero-order valence-electron chi connectivity index (χ0n) is 5.93. The summed E-state index contributed by atoms with van der Waals surface area (Å²) in [6.45, 7) is 5.27. The molecule has 0 radical (unpaired) electrons. The van der Waals surface area contributed by atoms with E-state index in [2.05, 4.69) is 11.8 Å². The first-order valence-electron chi connectivity index (χ1n) is 4.08. The van der Waals surface area contributed by atoms with Crippen LogP contribution in [-0.4, -0.2) is 23.5 Å². The van der Waals surface area contributed by atoms with Gasteiger partial charge in [-0.1, -0.05) is 6.92 Å². The molecule has 4 atom stereocenters. The summed E-state index contributed by atoms with van der Waals surface area (Å²) in [6.07, 6.45) is 3.04. The maximum atomic E-state index is 2.67. The zero-order valence-corrected chi connectivity index (χ0v) is 5.93. The van der Waals surface area contributed by atoms with Gasteiger partial charge < -0.3 is 0 Å². The van der Waals surface area contributed by atoms with E-state index in [-0.39, 0.29) is 0 Å². The first-order valence-corrected chi connectivity index (χ1v) is 4.08. The molecule has 2 unspecified atom stereocenters. The third kappa shape index (κ3) is 0.337. The maximum Gasteiger partial charge on any atom is 0.0368 e. The van der Waals surface area contributed by atoms with Gasteiger partial charge in [0.2, 0.25) is 0 Å². The van der Waals surface area contributed by atoms with Gasteiger partial charge in [0, 0.05) is 18.6 Å². The molecule has 1 aliphatic carbocycles. The summed E-state index contributed by atoms with van der Waals surface area (Å²) in [5.74, 6) is 2.13. The zero-order chi connectivity index (χ0) is 6.06. The van der Waals surface area contributed by atoms with Crippen LogP contribution in [0.3, 0.4) is 0 Å². The molecule has 0 aromatic rings. The topological polar surface area (TPSA) is 3.01 Å². The molecule has 1 saturated carbocycles. The average Bonchev–Trinajstić information content (AvgIpc) is 2.35. The fraction of sp³-hybridized carbons (Fsp3) is 1.00. The lowest BCUT2D eigenvalue weighted by molar-refractivity contribution is 0.193. The van der Waals surface area contributed by atoms with E-state index >= 15 is 0 Å². The fourth-order valence-corrected chi connectivity index (χ4v) is 3.06. The van der Waals surface area contributed by atoms with Crippen LogP contribution in [0, 0.1) is 11.8 Å². The number of rotatable bonds is 0. The van der Waals surface area contributed by atoms with Crippen molar-refractivity contribution in [3.63, 3.8) is 0 Å². The van der Waals surface area contributed by atoms with Crippen LogP contribution in [0.2, 0.25) is 0 Å². The van der Waals surface area contributed by atoms with E-state index in [1.807, 2.05) is 0 Å². The van der Waals surface area contributed by atoms with Crippen molar-refractivity contribution in [1.82, 2.24) is 4.90 Å². The fourth-order valence-electron chi connectivity index (χ4n) is 3.06. The molecule has 2 aliphatic heterocycles. The molecule has 3 fully saturated rings. The predicted octanol–water partition coefficient (Wildman–Crippen LogP) is 1.10. The Hall–Kier alpha value is -0.0400. The summed E-state index contributed by atoms with van der Waals surface area (Å²) in [7, 11) is 0. The Labute approximate surface area is 56.0 Å². The Morgan fingerprint density at radius 3 is 2.78 bits per heavy atom. The highest BCUT2D eigenvalue weighted by atomic mass is 15.4. The van der Waals surface area contributed by atoms with Crippen LogP contribution in [0.4, 0.5) is 0 Å². The van der Waals surface area contributed by atoms with Gasteiger partial charge in [-0.25, -0.2) is 0 Å². The molecule has 9 heavy (non-hydrogen) atoms. The number of nitrogens with zero attached hydrogens (tertiary/aromatic N) is 1. The Morgan fingerprint density at radius 2 is 2.44 bits per heavy atom. The van der Waals surface area contributed by atoms with Crippen LogP contribution in [0.5, 0.6) is 0 Å². The first kappa shape index (κ1) is 4.73. The molecule has 1 nitrogen and oxygen atoms in total. The van der Waals surface area contributed by atoms with Crippen molar-refractivity contribution >= 4 is 0 Å². The second-order valence-electron chi connectivity index (χ2n) is 4.11. The maximum absolute atomic E-state index is 2.67. The Balaban J connectivity index is 1.97. The van der Waals surface area contributed by atoms with E-state index in [0.717, 1.165) is 17.4 Å². The van der Waals surface area contributed by atoms with E-state index in [1.54, 1.807) is 0 Å². The minimum absolute atomic E-state index is 0.805. The third-order valence-electron chi connectivity index (χ3n) is 3.76. The van der Waals surface area contributed by atoms with E-state index in [1.165, 1.54) is 25.9 Å². The molecule has 0 amide bonds. The highest BCUT2D eigenvalue weighted by molar-refractivity contribution is 5.23. The Kier molecular flexibility index (Phi) is 0.563. The number of hydrogen-bond acceptors (Lipinski definition) is 1. The summed E-state index contributed by atoms with van der Waals surface area (Å²) in [4.78, 5) is 2.67. The van der Waals surface area contributed by atoms with Crippen molar-refractivity contribution in [1.29, 1.82) is 0 Å². The minimum Gasteiger partial charge on any atom is -0.294 e. The number of hydrogen-bond donors (Lipinski definition) is 0. The molecule has 0 N–H and O–H groups in total. The van der Waals surface area contributed by atoms with Gasteiger partial charge in [0.1, 0.15) is 0 Å². The summed E-state index contributed by atoms with van der Waals surface area (Å²) in [5, 5.41) is 0. The largest absolute Gasteiger partial charge is 0.294 e. The molecule has 1 heteroatoms. The van der Waals surface area contributed by atoms with Crippen molar-refractivity contribution < 1.29 is 0 Å². The quantitative estimate of drug-likeness (QED) is 0.436. The molecule has 0 bridgehead atoms. The predicted molar refractivity (Wildman–Crippen MR) is 36.2 cm³/mol. The summed E-state index contributed by atoms with van der Waals surface area (Å²) >= 11 is 0. The summed E-state index contributed by atoms with van der Waals surface area (Å²) in [5.41, 5.74) is 0.805. The average molecular weight is 123 g/mol. The van der Waals surface area contributed by atoms with E-state index in [0.29, 0.717) is 0 Å². The molecule has 0 aromatic heterocycles. The molecule has 1 spiro atoms. The first-order chi connectivity index (χ1) is 4.33. The molecular weight excluding hydrogens is 110 g/mol. The highest BCUT2D eigenvalue weighted by Crippen LogP contribution is 2.61. The molecule has 2 heterocycles. The molecule has 3 aliphatic rings. The summed E-state index contributed by atoms with van der Waals surface area (Å²) < 4.78 is 0. The Bertz CT molecular complexity index is 162. The van der Waals surface area contributed by atoms with Gasteiger partial charge in [-0.2, -0.15) is 0 Å². The standard InChI is InChI=1S/C8H13N/c1-6-4-9-5-8(9)3-2-7(6)8/h6-7H,2-5H2,1H3/t6-,7-,8?,9?/m0/s1. The van der Waals surface area contributed by atoms with Gasteiger partial charge in [-0.05, 0) is 24.7 Å². The van der Waals surface area contributed by atoms with Gasteiger partial charge in [0.05, 0.1) is 0 Å². The van der Waals surface area contributed by atoms with Crippen LogP contribution >= 0.6 is 0 Å². The van der Waals surface area contributed by atoms with Gasteiger partial charge >= 0.3 is 0 Å². The van der Waals surface area contributed by atoms with Crippen molar-refractivity contribution in [2.45, 2.75) is 25.3 Å². The van der Waals surface area contributed by atoms with Crippen LogP contribution in [0.15, 0.2) is 0 Å². The van der Waals surface area contributed by atoms with Crippen molar-refractivity contribution in [3.8, 4) is 0 Å². The monoisotopic (exact) mass is 123 g/mol. The smallest absolute Gasteiger partial charge is 0.0368 e. The van der Waals surface area contributed by atoms with Crippen molar-refractivity contribution in [2.75, 3.05) is 13.1 Å². The van der Waals surface area contributed by atoms with E-state index in [4.69, 9.17) is 0 Å². The van der Waals surface area contributed by atoms with E-state index in [9.17, 15) is 0 Å². The molecule has 3 rings (SSSR count). The molecule has 0 aromatic carbocycles. The molecular formula is C8H13N. The Morgan fingerprint density at radius 1 is 1.56 bits per heavy atom. The van der Waals surface area contributed by atoms with Crippen LogP contribution < -0.4 is 0 Å². The lowest BCUT2D eigenvalue weighted by atomic mass is 9.69. The minimum atomic E-state index is 0.805. The van der Waals surface area contributed by atoms with Gasteiger partial charge in [-0.3, -0.25) is 4.90 Å². The summed E-state index contributed by atoms with van der Waals surface area (Å²) in [6, 6.07) is 0. The second kappa shape index (κ2) is 1.07. The van der Waals surface area contributed by atoms with Crippen molar-refractivity contribution in [2.24, 2.45) is 11.8 Å². The second-order valence-corrected chi connectivity index (χ2v) is 4.11. The van der Waals surface area contributed by atoms with Gasteiger partial charge in [0.25, 0.3) is 0 Å². The third-order valence-corrected chi connectivity index (χ3v) is 3.76. The van der Waals surface area contributed by atoms with Crippen LogP contribution in [0.1, 0.15) is 19.8 Å². The van der Waals surface area contributed by atoms with Gasteiger partial charge in [-0.15, -0.1) is 0 Å². The highest BCUT2D eigenvalue weighted by Gasteiger charge is 2.68. The van der Waals surface area contributed by atoms with E-state index < -0.39 is 0 Å². The lowest BCUT2D eigenvalue weighted by Crippen LogP contribution is -2.36. The molecule has 50 valence electrons. The van der Waals surface area contributed by atoms with Gasteiger partial charge in [0.15, 0.2) is 0 Å². The normalized spacial score (nSPS) is 68.3. The SMILES string of the molecule is C[C@H]1CN2CC23CC[C@@H]13.